The normalized spacial score (nSPS) is 10.4. The van der Waals surface area contributed by atoms with E-state index in [0.29, 0.717) is 29.4 Å². The molecule has 0 spiro atoms. The second-order valence-electron chi connectivity index (χ2n) is 5.93. The summed E-state index contributed by atoms with van der Waals surface area (Å²) in [7, 11) is 2.99. The zero-order chi connectivity index (χ0) is 21.1. The van der Waals surface area contributed by atoms with E-state index < -0.39 is 11.8 Å². The molecule has 2 aromatic rings. The molecule has 29 heavy (non-hydrogen) atoms. The number of nitrogens with zero attached hydrogens (tertiary/aromatic N) is 1. The van der Waals surface area contributed by atoms with Gasteiger partial charge in [-0.15, -0.1) is 0 Å². The van der Waals surface area contributed by atoms with Crippen LogP contribution in [0.4, 0.5) is 0 Å². The number of amides is 2. The summed E-state index contributed by atoms with van der Waals surface area (Å²) in [6.07, 6.45) is 2.39. The Bertz CT molecular complexity index is 867. The Morgan fingerprint density at radius 3 is 2.52 bits per heavy atom. The predicted molar refractivity (Wildman–Crippen MR) is 110 cm³/mol. The van der Waals surface area contributed by atoms with Crippen molar-refractivity contribution in [3.05, 3.63) is 53.6 Å². The second kappa shape index (κ2) is 11.3. The Kier molecular flexibility index (Phi) is 8.50. The zero-order valence-corrected chi connectivity index (χ0v) is 16.7. The Morgan fingerprint density at radius 2 is 1.79 bits per heavy atom. The first-order valence-electron chi connectivity index (χ1n) is 9.13. The van der Waals surface area contributed by atoms with E-state index in [2.05, 4.69) is 15.8 Å². The molecule has 154 valence electrons. The van der Waals surface area contributed by atoms with Gasteiger partial charge in [-0.3, -0.25) is 9.59 Å². The molecule has 2 aromatic carbocycles. The number of hydrogen-bond acceptors (Lipinski definition) is 6. The third-order valence-corrected chi connectivity index (χ3v) is 3.83. The number of ether oxygens (including phenoxy) is 3. The number of hydrazone groups is 1. The van der Waals surface area contributed by atoms with Gasteiger partial charge < -0.3 is 19.5 Å². The summed E-state index contributed by atoms with van der Waals surface area (Å²) < 4.78 is 15.9. The van der Waals surface area contributed by atoms with E-state index in [1.165, 1.54) is 26.5 Å². The fraction of sp³-hybridized carbons (Fsp3) is 0.286. The van der Waals surface area contributed by atoms with E-state index >= 15 is 0 Å². The van der Waals surface area contributed by atoms with E-state index in [4.69, 9.17) is 14.2 Å². The molecule has 0 fully saturated rings. The van der Waals surface area contributed by atoms with Gasteiger partial charge >= 0.3 is 0 Å². The third-order valence-electron chi connectivity index (χ3n) is 3.83. The highest BCUT2D eigenvalue weighted by atomic mass is 16.5. The fourth-order valence-corrected chi connectivity index (χ4v) is 2.38. The maximum Gasteiger partial charge on any atom is 0.259 e. The minimum atomic E-state index is -0.456. The molecule has 2 N–H and O–H groups in total. The van der Waals surface area contributed by atoms with Gasteiger partial charge in [0.05, 0.1) is 33.6 Å². The SMILES string of the molecule is CCCOc1ccccc1C=NNC(=O)CNC(=O)c1ccc(OC)c(OC)c1. The number of carbonyl (C=O) groups is 2. The van der Waals surface area contributed by atoms with Crippen LogP contribution in [0.1, 0.15) is 29.3 Å². The molecule has 0 heterocycles. The number of methoxy groups -OCH3 is 2. The molecular weight excluding hydrogens is 374 g/mol. The molecule has 8 nitrogen and oxygen atoms in total. The van der Waals surface area contributed by atoms with Crippen molar-refractivity contribution in [1.29, 1.82) is 0 Å². The molecule has 2 amide bonds. The van der Waals surface area contributed by atoms with E-state index in [-0.39, 0.29) is 6.54 Å². The van der Waals surface area contributed by atoms with Crippen LogP contribution in [0.5, 0.6) is 17.2 Å². The smallest absolute Gasteiger partial charge is 0.259 e. The van der Waals surface area contributed by atoms with Gasteiger partial charge in [-0.2, -0.15) is 5.10 Å². The van der Waals surface area contributed by atoms with Crippen molar-refractivity contribution in [2.24, 2.45) is 5.10 Å². The van der Waals surface area contributed by atoms with Gasteiger partial charge in [0.15, 0.2) is 11.5 Å². The molecule has 2 rings (SSSR count). The lowest BCUT2D eigenvalue weighted by molar-refractivity contribution is -0.120. The van der Waals surface area contributed by atoms with Gasteiger partial charge in [-0.1, -0.05) is 19.1 Å². The lowest BCUT2D eigenvalue weighted by Crippen LogP contribution is -2.34. The van der Waals surface area contributed by atoms with Gasteiger partial charge in [0.1, 0.15) is 5.75 Å². The first-order valence-corrected chi connectivity index (χ1v) is 9.13. The van der Waals surface area contributed by atoms with Crippen LogP contribution in [-0.2, 0) is 4.79 Å². The van der Waals surface area contributed by atoms with Crippen LogP contribution in [0.3, 0.4) is 0 Å². The first kappa shape index (κ1) is 21.7. The highest BCUT2D eigenvalue weighted by Crippen LogP contribution is 2.27. The number of carbonyl (C=O) groups excluding carboxylic acids is 2. The molecule has 0 saturated carbocycles. The average Bonchev–Trinajstić information content (AvgIpc) is 2.76. The Morgan fingerprint density at radius 1 is 1.03 bits per heavy atom. The van der Waals surface area contributed by atoms with Crippen molar-refractivity contribution >= 4 is 18.0 Å². The minimum Gasteiger partial charge on any atom is -0.493 e. The summed E-state index contributed by atoms with van der Waals surface area (Å²) in [6, 6.07) is 12.1. The molecule has 0 aliphatic heterocycles. The summed E-state index contributed by atoms with van der Waals surface area (Å²) in [5, 5.41) is 6.45. The molecule has 0 unspecified atom stereocenters. The molecule has 0 aliphatic rings. The number of nitrogens with one attached hydrogen (secondary N) is 2. The van der Waals surface area contributed by atoms with E-state index in [9.17, 15) is 9.59 Å². The molecule has 0 aromatic heterocycles. The summed E-state index contributed by atoms with van der Waals surface area (Å²) in [5.41, 5.74) is 3.47. The predicted octanol–water partition coefficient (Wildman–Crippen LogP) is 2.37. The lowest BCUT2D eigenvalue weighted by Gasteiger charge is -2.09. The first-order chi connectivity index (χ1) is 14.1. The van der Waals surface area contributed by atoms with E-state index in [0.717, 1.165) is 12.0 Å². The van der Waals surface area contributed by atoms with Gasteiger partial charge in [0.2, 0.25) is 0 Å². The van der Waals surface area contributed by atoms with Crippen molar-refractivity contribution in [3.63, 3.8) is 0 Å². The zero-order valence-electron chi connectivity index (χ0n) is 16.7. The average molecular weight is 399 g/mol. The number of rotatable bonds is 10. The standard InChI is InChI=1S/C21H25N3O5/c1-4-11-29-17-8-6-5-7-16(17)13-23-24-20(25)14-22-21(26)15-9-10-18(27-2)19(12-15)28-3/h5-10,12-13H,4,11,14H2,1-3H3,(H,22,26)(H,24,25). The topological polar surface area (TPSA) is 98.2 Å². The minimum absolute atomic E-state index is 0.224. The Hall–Kier alpha value is -3.55. The molecule has 0 radical (unpaired) electrons. The quantitative estimate of drug-likeness (QED) is 0.472. The van der Waals surface area contributed by atoms with Gasteiger partial charge in [-0.05, 0) is 36.8 Å². The highest BCUT2D eigenvalue weighted by Gasteiger charge is 2.11. The van der Waals surface area contributed by atoms with Crippen LogP contribution in [0, 0.1) is 0 Å². The molecular formula is C21H25N3O5. The van der Waals surface area contributed by atoms with E-state index in [1.807, 2.05) is 31.2 Å². The maximum atomic E-state index is 12.2. The van der Waals surface area contributed by atoms with Crippen molar-refractivity contribution in [1.82, 2.24) is 10.7 Å². The molecule has 8 heteroatoms. The molecule has 0 bridgehead atoms. The maximum absolute atomic E-state index is 12.2. The van der Waals surface area contributed by atoms with Crippen molar-refractivity contribution in [2.75, 3.05) is 27.4 Å². The monoisotopic (exact) mass is 399 g/mol. The number of para-hydroxylation sites is 1. The second-order valence-corrected chi connectivity index (χ2v) is 5.93. The van der Waals surface area contributed by atoms with Crippen LogP contribution in [-0.4, -0.2) is 45.4 Å². The van der Waals surface area contributed by atoms with Crippen molar-refractivity contribution in [3.8, 4) is 17.2 Å². The third kappa shape index (κ3) is 6.53. The van der Waals surface area contributed by atoms with Crippen LogP contribution in [0.2, 0.25) is 0 Å². The molecule has 0 saturated heterocycles. The largest absolute Gasteiger partial charge is 0.493 e. The van der Waals surface area contributed by atoms with Crippen LogP contribution >= 0.6 is 0 Å². The summed E-state index contributed by atoms with van der Waals surface area (Å²) in [6.45, 7) is 2.39. The Labute approximate surface area is 169 Å². The van der Waals surface area contributed by atoms with Crippen LogP contribution in [0.25, 0.3) is 0 Å². The molecule has 0 aliphatic carbocycles. The fourth-order valence-electron chi connectivity index (χ4n) is 2.38. The van der Waals surface area contributed by atoms with Crippen molar-refractivity contribution < 1.29 is 23.8 Å². The van der Waals surface area contributed by atoms with Gasteiger partial charge in [0, 0.05) is 11.1 Å². The summed E-state index contributed by atoms with van der Waals surface area (Å²) in [4.78, 5) is 24.1. The molecule has 0 atom stereocenters. The van der Waals surface area contributed by atoms with Gasteiger partial charge in [-0.25, -0.2) is 5.43 Å². The Balaban J connectivity index is 1.87. The lowest BCUT2D eigenvalue weighted by atomic mass is 10.2. The van der Waals surface area contributed by atoms with Gasteiger partial charge in [0.25, 0.3) is 11.8 Å². The van der Waals surface area contributed by atoms with Crippen LogP contribution < -0.4 is 25.0 Å². The van der Waals surface area contributed by atoms with Crippen molar-refractivity contribution in [2.45, 2.75) is 13.3 Å². The number of benzene rings is 2. The van der Waals surface area contributed by atoms with E-state index in [1.54, 1.807) is 12.1 Å². The van der Waals surface area contributed by atoms with Crippen LogP contribution in [0.15, 0.2) is 47.6 Å². The summed E-state index contributed by atoms with van der Waals surface area (Å²) in [5.74, 6) is 0.761. The number of hydrogen-bond donors (Lipinski definition) is 2. The highest BCUT2D eigenvalue weighted by molar-refractivity contribution is 5.97. The summed E-state index contributed by atoms with van der Waals surface area (Å²) >= 11 is 0.